The van der Waals surface area contributed by atoms with Crippen LogP contribution >= 0.6 is 24.0 Å². The highest BCUT2D eigenvalue weighted by atomic mass is 127. The van der Waals surface area contributed by atoms with Gasteiger partial charge in [-0.05, 0) is 12.5 Å². The molecular formula is C15H26IN3O2S. The number of aliphatic imine (C=N–C) groups is 1. The van der Waals surface area contributed by atoms with E-state index in [2.05, 4.69) is 15.6 Å². The van der Waals surface area contributed by atoms with Gasteiger partial charge in [-0.2, -0.15) is 0 Å². The molecule has 0 aliphatic carbocycles. The second-order valence-corrected chi connectivity index (χ2v) is 6.03. The fourth-order valence-corrected chi connectivity index (χ4v) is 2.74. The molecule has 1 atom stereocenters. The second-order valence-electron chi connectivity index (χ2n) is 4.45. The summed E-state index contributed by atoms with van der Waals surface area (Å²) >= 11 is 0. The molecule has 1 rings (SSSR count). The lowest BCUT2D eigenvalue weighted by Gasteiger charge is -2.11. The summed E-state index contributed by atoms with van der Waals surface area (Å²) in [6, 6.07) is 9.91. The van der Waals surface area contributed by atoms with E-state index in [-0.39, 0.29) is 24.0 Å². The van der Waals surface area contributed by atoms with Gasteiger partial charge >= 0.3 is 0 Å². The summed E-state index contributed by atoms with van der Waals surface area (Å²) in [4.78, 5) is 4.35. The largest absolute Gasteiger partial charge is 0.383 e. The van der Waals surface area contributed by atoms with E-state index >= 15 is 0 Å². The summed E-state index contributed by atoms with van der Waals surface area (Å²) in [5.74, 6) is 1.94. The Balaban J connectivity index is 0.00000441. The first-order valence-electron chi connectivity index (χ1n) is 7.16. The predicted molar refractivity (Wildman–Crippen MR) is 104 cm³/mol. The summed E-state index contributed by atoms with van der Waals surface area (Å²) in [6.45, 7) is 4.65. The number of halogens is 1. The number of guanidine groups is 1. The minimum absolute atomic E-state index is 0. The Labute approximate surface area is 152 Å². The van der Waals surface area contributed by atoms with Crippen molar-refractivity contribution in [3.05, 3.63) is 35.9 Å². The van der Waals surface area contributed by atoms with Gasteiger partial charge in [0.1, 0.15) is 0 Å². The van der Waals surface area contributed by atoms with Gasteiger partial charge in [-0.1, -0.05) is 30.3 Å². The van der Waals surface area contributed by atoms with Gasteiger partial charge in [0.15, 0.2) is 5.96 Å². The van der Waals surface area contributed by atoms with Crippen LogP contribution in [0.5, 0.6) is 0 Å². The first-order valence-corrected chi connectivity index (χ1v) is 8.65. The molecule has 0 spiro atoms. The third kappa shape index (κ3) is 10.1. The van der Waals surface area contributed by atoms with Crippen molar-refractivity contribution in [3.63, 3.8) is 0 Å². The van der Waals surface area contributed by atoms with E-state index in [4.69, 9.17) is 4.74 Å². The molecule has 126 valence electrons. The van der Waals surface area contributed by atoms with E-state index < -0.39 is 10.8 Å². The van der Waals surface area contributed by atoms with Crippen LogP contribution in [-0.4, -0.2) is 49.3 Å². The van der Waals surface area contributed by atoms with Gasteiger partial charge in [-0.3, -0.25) is 9.20 Å². The van der Waals surface area contributed by atoms with Crippen LogP contribution in [0.25, 0.3) is 0 Å². The summed E-state index contributed by atoms with van der Waals surface area (Å²) in [6.07, 6.45) is 0. The number of methoxy groups -OCH3 is 1. The smallest absolute Gasteiger partial charge is 0.191 e. The Morgan fingerprint density at radius 3 is 2.64 bits per heavy atom. The average Bonchev–Trinajstić information content (AvgIpc) is 2.48. The number of hydrogen-bond acceptors (Lipinski definition) is 3. The molecular weight excluding hydrogens is 413 g/mol. The van der Waals surface area contributed by atoms with E-state index in [0.29, 0.717) is 31.2 Å². The van der Waals surface area contributed by atoms with Gasteiger partial charge < -0.3 is 15.4 Å². The number of nitrogens with zero attached hydrogens (tertiary/aromatic N) is 1. The van der Waals surface area contributed by atoms with Crippen molar-refractivity contribution < 1.29 is 8.95 Å². The monoisotopic (exact) mass is 439 g/mol. The summed E-state index contributed by atoms with van der Waals surface area (Å²) in [7, 11) is 0.787. The Kier molecular flexibility index (Phi) is 13.5. The highest BCUT2D eigenvalue weighted by Gasteiger charge is 2.02. The molecule has 1 unspecified atom stereocenters. The molecule has 0 fully saturated rings. The van der Waals surface area contributed by atoms with E-state index in [9.17, 15) is 4.21 Å². The summed E-state index contributed by atoms with van der Waals surface area (Å²) in [5.41, 5.74) is 1.11. The Bertz CT molecular complexity index is 444. The molecule has 0 saturated heterocycles. The fourth-order valence-electron chi connectivity index (χ4n) is 1.71. The van der Waals surface area contributed by atoms with Crippen molar-refractivity contribution in [1.29, 1.82) is 0 Å². The first kappa shape index (κ1) is 21.3. The lowest BCUT2D eigenvalue weighted by atomic mass is 10.2. The van der Waals surface area contributed by atoms with Crippen LogP contribution in [0.1, 0.15) is 12.5 Å². The minimum atomic E-state index is -0.869. The van der Waals surface area contributed by atoms with Crippen molar-refractivity contribution in [2.45, 2.75) is 12.7 Å². The number of ether oxygens (including phenoxy) is 1. The molecule has 0 amide bonds. The van der Waals surface area contributed by atoms with Crippen LogP contribution in [-0.2, 0) is 21.3 Å². The molecule has 0 aliphatic heterocycles. The van der Waals surface area contributed by atoms with Crippen LogP contribution in [0.3, 0.4) is 0 Å². The summed E-state index contributed by atoms with van der Waals surface area (Å²) < 4.78 is 17.0. The number of benzene rings is 1. The van der Waals surface area contributed by atoms with Gasteiger partial charge in [0.25, 0.3) is 0 Å². The molecule has 0 aromatic heterocycles. The molecule has 1 aromatic rings. The second kappa shape index (κ2) is 14.0. The Morgan fingerprint density at radius 2 is 2.00 bits per heavy atom. The van der Waals surface area contributed by atoms with Crippen LogP contribution < -0.4 is 10.6 Å². The maximum absolute atomic E-state index is 12.0. The third-order valence-electron chi connectivity index (χ3n) is 2.70. The van der Waals surface area contributed by atoms with Crippen LogP contribution in [0.4, 0.5) is 0 Å². The van der Waals surface area contributed by atoms with Crippen LogP contribution in [0.2, 0.25) is 0 Å². The topological polar surface area (TPSA) is 62.7 Å². The molecule has 1 aromatic carbocycles. The highest BCUT2D eigenvalue weighted by Crippen LogP contribution is 2.02. The van der Waals surface area contributed by atoms with Crippen molar-refractivity contribution in [2.24, 2.45) is 4.99 Å². The van der Waals surface area contributed by atoms with Crippen molar-refractivity contribution in [3.8, 4) is 0 Å². The zero-order valence-electron chi connectivity index (χ0n) is 13.2. The van der Waals surface area contributed by atoms with Crippen LogP contribution in [0, 0.1) is 0 Å². The van der Waals surface area contributed by atoms with Gasteiger partial charge in [-0.25, -0.2) is 0 Å². The average molecular weight is 439 g/mol. The molecule has 0 aliphatic rings. The van der Waals surface area contributed by atoms with Gasteiger partial charge in [0.05, 0.1) is 13.2 Å². The third-order valence-corrected chi connectivity index (χ3v) is 4.02. The van der Waals surface area contributed by atoms with E-state index in [1.165, 1.54) is 0 Å². The normalized spacial score (nSPS) is 12.4. The van der Waals surface area contributed by atoms with E-state index in [1.807, 2.05) is 37.3 Å². The molecule has 7 heteroatoms. The maximum atomic E-state index is 12.0. The van der Waals surface area contributed by atoms with Gasteiger partial charge in [-0.15, -0.1) is 24.0 Å². The predicted octanol–water partition coefficient (Wildman–Crippen LogP) is 1.75. The zero-order valence-corrected chi connectivity index (χ0v) is 16.4. The molecule has 0 saturated carbocycles. The molecule has 0 bridgehead atoms. The SMILES string of the molecule is CCNC(=NCCOC)NCCS(=O)Cc1ccccc1.I. The zero-order chi connectivity index (χ0) is 15.3. The minimum Gasteiger partial charge on any atom is -0.383 e. The molecule has 0 heterocycles. The first-order chi connectivity index (χ1) is 10.3. The number of rotatable bonds is 9. The van der Waals surface area contributed by atoms with Crippen molar-refractivity contribution in [2.75, 3.05) is 39.1 Å². The van der Waals surface area contributed by atoms with E-state index in [0.717, 1.165) is 18.1 Å². The van der Waals surface area contributed by atoms with Gasteiger partial charge in [0.2, 0.25) is 0 Å². The van der Waals surface area contributed by atoms with Crippen molar-refractivity contribution >= 4 is 40.7 Å². The molecule has 22 heavy (non-hydrogen) atoms. The maximum Gasteiger partial charge on any atom is 0.191 e. The van der Waals surface area contributed by atoms with Crippen LogP contribution in [0.15, 0.2) is 35.3 Å². The lowest BCUT2D eigenvalue weighted by molar-refractivity contribution is 0.208. The Hall–Kier alpha value is -0.670. The van der Waals surface area contributed by atoms with E-state index in [1.54, 1.807) is 7.11 Å². The Morgan fingerprint density at radius 1 is 1.27 bits per heavy atom. The van der Waals surface area contributed by atoms with Gasteiger partial charge in [0, 0.05) is 42.5 Å². The molecule has 0 radical (unpaired) electrons. The quantitative estimate of drug-likeness (QED) is 0.267. The van der Waals surface area contributed by atoms with Crippen molar-refractivity contribution in [1.82, 2.24) is 10.6 Å². The standard InChI is InChI=1S/C15H25N3O2S.HI/c1-3-16-15(17-9-11-20-2)18-10-12-21(19)13-14-7-5-4-6-8-14;/h4-8H,3,9-13H2,1-2H3,(H2,16,17,18);1H. The highest BCUT2D eigenvalue weighted by molar-refractivity contribution is 14.0. The molecule has 5 nitrogen and oxygen atoms in total. The number of nitrogens with one attached hydrogen (secondary N) is 2. The molecule has 2 N–H and O–H groups in total. The summed E-state index contributed by atoms with van der Waals surface area (Å²) in [5, 5.41) is 6.34. The fraction of sp³-hybridized carbons (Fsp3) is 0.533. The number of hydrogen-bond donors (Lipinski definition) is 2. The lowest BCUT2D eigenvalue weighted by Crippen LogP contribution is -2.39.